The van der Waals surface area contributed by atoms with E-state index in [1.165, 1.54) is 0 Å². The van der Waals surface area contributed by atoms with Crippen molar-refractivity contribution in [2.24, 2.45) is 0 Å². The maximum absolute atomic E-state index is 11.6. The molecule has 0 bridgehead atoms. The van der Waals surface area contributed by atoms with Crippen LogP contribution in [0.3, 0.4) is 0 Å². The molecule has 0 aliphatic carbocycles. The molecule has 16 heavy (non-hydrogen) atoms. The molecule has 0 aromatic carbocycles. The largest absolute Gasteiger partial charge is 0.347 e. The highest BCUT2D eigenvalue weighted by Crippen LogP contribution is 2.31. The summed E-state index contributed by atoms with van der Waals surface area (Å²) < 4.78 is 11.2. The molecular formula is C11H18N2O3. The third-order valence-electron chi connectivity index (χ3n) is 3.02. The molecule has 2 rings (SSSR count). The van der Waals surface area contributed by atoms with Crippen molar-refractivity contribution < 1.29 is 14.3 Å². The summed E-state index contributed by atoms with van der Waals surface area (Å²) in [6, 6.07) is -0.0345. The maximum atomic E-state index is 11.6. The lowest BCUT2D eigenvalue weighted by molar-refractivity contribution is -0.181. The van der Waals surface area contributed by atoms with Crippen molar-refractivity contribution in [3.8, 4) is 0 Å². The number of ether oxygens (including phenoxy) is 2. The molecule has 1 N–H and O–H groups in total. The first-order valence-corrected chi connectivity index (χ1v) is 5.67. The summed E-state index contributed by atoms with van der Waals surface area (Å²) >= 11 is 0. The van der Waals surface area contributed by atoms with Crippen molar-refractivity contribution in [3.05, 3.63) is 12.7 Å². The number of piperidine rings is 1. The molecule has 2 saturated heterocycles. The van der Waals surface area contributed by atoms with Crippen LogP contribution in [0.5, 0.6) is 0 Å². The number of amides is 2. The number of carbonyl (C=O) groups excluding carboxylic acids is 1. The van der Waals surface area contributed by atoms with Crippen molar-refractivity contribution in [1.82, 2.24) is 10.2 Å². The molecule has 0 saturated carbocycles. The number of urea groups is 1. The number of nitrogens with one attached hydrogen (secondary N) is 1. The molecule has 90 valence electrons. The van der Waals surface area contributed by atoms with Crippen molar-refractivity contribution in [2.75, 3.05) is 32.8 Å². The number of likely N-dealkylation sites (tertiary alicyclic amines) is 1. The second kappa shape index (κ2) is 4.84. The van der Waals surface area contributed by atoms with Crippen LogP contribution < -0.4 is 5.32 Å². The number of hydrogen-bond acceptors (Lipinski definition) is 3. The van der Waals surface area contributed by atoms with Crippen molar-refractivity contribution >= 4 is 6.03 Å². The van der Waals surface area contributed by atoms with Gasteiger partial charge in [0.15, 0.2) is 5.79 Å². The molecule has 2 heterocycles. The fraction of sp³-hybridized carbons (Fsp3) is 0.727. The Morgan fingerprint density at radius 3 is 2.56 bits per heavy atom. The minimum absolute atomic E-state index is 0.0345. The van der Waals surface area contributed by atoms with E-state index in [9.17, 15) is 4.79 Å². The fourth-order valence-electron chi connectivity index (χ4n) is 2.11. The average Bonchev–Trinajstić information content (AvgIpc) is 2.75. The van der Waals surface area contributed by atoms with Gasteiger partial charge in [0.05, 0.1) is 13.2 Å². The lowest BCUT2D eigenvalue weighted by Crippen LogP contribution is -2.50. The molecule has 2 aliphatic rings. The van der Waals surface area contributed by atoms with Gasteiger partial charge < -0.3 is 19.7 Å². The van der Waals surface area contributed by atoms with Gasteiger partial charge >= 0.3 is 6.03 Å². The molecule has 0 radical (unpaired) electrons. The Morgan fingerprint density at radius 1 is 1.38 bits per heavy atom. The van der Waals surface area contributed by atoms with E-state index in [-0.39, 0.29) is 6.03 Å². The Hall–Kier alpha value is -1.07. The molecule has 2 fully saturated rings. The zero-order valence-corrected chi connectivity index (χ0v) is 9.41. The van der Waals surface area contributed by atoms with Crippen LogP contribution in [-0.4, -0.2) is 49.6 Å². The fourth-order valence-corrected chi connectivity index (χ4v) is 2.11. The predicted octanol–water partition coefficient (Wildman–Crippen LogP) is 0.721. The summed E-state index contributed by atoms with van der Waals surface area (Å²) in [5, 5.41) is 2.77. The molecule has 0 aromatic rings. The van der Waals surface area contributed by atoms with Crippen LogP contribution in [0.4, 0.5) is 4.79 Å². The van der Waals surface area contributed by atoms with E-state index < -0.39 is 5.79 Å². The lowest BCUT2D eigenvalue weighted by atomic mass is 10.0. The van der Waals surface area contributed by atoms with E-state index in [2.05, 4.69) is 11.9 Å². The van der Waals surface area contributed by atoms with Gasteiger partial charge in [-0.3, -0.25) is 0 Å². The SMILES string of the molecule is C=CCNC(=O)N1CCC2(CC1)OCCO2. The van der Waals surface area contributed by atoms with Crippen LogP contribution in [0.1, 0.15) is 12.8 Å². The Balaban J connectivity index is 1.80. The van der Waals surface area contributed by atoms with E-state index in [1.807, 2.05) is 0 Å². The molecule has 2 aliphatic heterocycles. The van der Waals surface area contributed by atoms with Crippen molar-refractivity contribution in [3.63, 3.8) is 0 Å². The van der Waals surface area contributed by atoms with Gasteiger partial charge in [0, 0.05) is 32.5 Å². The molecule has 5 nitrogen and oxygen atoms in total. The van der Waals surface area contributed by atoms with Gasteiger partial charge in [0.25, 0.3) is 0 Å². The van der Waals surface area contributed by atoms with E-state index >= 15 is 0 Å². The van der Waals surface area contributed by atoms with Crippen LogP contribution in [-0.2, 0) is 9.47 Å². The Kier molecular flexibility index (Phi) is 3.46. The molecular weight excluding hydrogens is 208 g/mol. The first-order chi connectivity index (χ1) is 7.76. The van der Waals surface area contributed by atoms with Gasteiger partial charge in [-0.15, -0.1) is 6.58 Å². The van der Waals surface area contributed by atoms with E-state index in [0.717, 1.165) is 12.8 Å². The molecule has 5 heteroatoms. The summed E-state index contributed by atoms with van der Waals surface area (Å²) in [4.78, 5) is 13.4. The maximum Gasteiger partial charge on any atom is 0.317 e. The predicted molar refractivity (Wildman–Crippen MR) is 59.0 cm³/mol. The van der Waals surface area contributed by atoms with Gasteiger partial charge in [0.1, 0.15) is 0 Å². The highest BCUT2D eigenvalue weighted by molar-refractivity contribution is 5.74. The first kappa shape index (κ1) is 11.4. The van der Waals surface area contributed by atoms with Gasteiger partial charge in [-0.05, 0) is 0 Å². The van der Waals surface area contributed by atoms with E-state index in [4.69, 9.17) is 9.47 Å². The molecule has 1 spiro atoms. The highest BCUT2D eigenvalue weighted by Gasteiger charge is 2.40. The average molecular weight is 226 g/mol. The first-order valence-electron chi connectivity index (χ1n) is 5.67. The third-order valence-corrected chi connectivity index (χ3v) is 3.02. The normalized spacial score (nSPS) is 23.4. The quantitative estimate of drug-likeness (QED) is 0.706. The van der Waals surface area contributed by atoms with Gasteiger partial charge in [-0.25, -0.2) is 4.79 Å². The number of nitrogens with zero attached hydrogens (tertiary/aromatic N) is 1. The number of rotatable bonds is 2. The van der Waals surface area contributed by atoms with Crippen molar-refractivity contribution in [2.45, 2.75) is 18.6 Å². The molecule has 0 aromatic heterocycles. The second-order valence-corrected chi connectivity index (χ2v) is 4.07. The van der Waals surface area contributed by atoms with Gasteiger partial charge in [-0.1, -0.05) is 6.08 Å². The Bertz CT molecular complexity index is 264. The standard InChI is InChI=1S/C11H18N2O3/c1-2-5-12-10(14)13-6-3-11(4-7-13)15-8-9-16-11/h2H,1,3-9H2,(H,12,14). The minimum atomic E-state index is -0.408. The minimum Gasteiger partial charge on any atom is -0.347 e. The van der Waals surface area contributed by atoms with E-state index in [0.29, 0.717) is 32.8 Å². The number of carbonyl (C=O) groups is 1. The van der Waals surface area contributed by atoms with Crippen LogP contribution in [0, 0.1) is 0 Å². The van der Waals surface area contributed by atoms with Gasteiger partial charge in [0.2, 0.25) is 0 Å². The third kappa shape index (κ3) is 2.36. The Labute approximate surface area is 95.4 Å². The summed E-state index contributed by atoms with van der Waals surface area (Å²) in [5.74, 6) is -0.408. The van der Waals surface area contributed by atoms with Crippen LogP contribution in [0.25, 0.3) is 0 Å². The van der Waals surface area contributed by atoms with E-state index in [1.54, 1.807) is 11.0 Å². The second-order valence-electron chi connectivity index (χ2n) is 4.07. The zero-order valence-electron chi connectivity index (χ0n) is 9.41. The molecule has 0 atom stereocenters. The summed E-state index contributed by atoms with van der Waals surface area (Å²) in [5.41, 5.74) is 0. The highest BCUT2D eigenvalue weighted by atomic mass is 16.7. The van der Waals surface area contributed by atoms with Crippen molar-refractivity contribution in [1.29, 1.82) is 0 Å². The topological polar surface area (TPSA) is 50.8 Å². The van der Waals surface area contributed by atoms with Crippen LogP contribution >= 0.6 is 0 Å². The Morgan fingerprint density at radius 2 is 2.00 bits per heavy atom. The monoisotopic (exact) mass is 226 g/mol. The number of hydrogen-bond donors (Lipinski definition) is 1. The van der Waals surface area contributed by atoms with Gasteiger partial charge in [-0.2, -0.15) is 0 Å². The molecule has 0 unspecified atom stereocenters. The van der Waals surface area contributed by atoms with Crippen LogP contribution in [0.2, 0.25) is 0 Å². The summed E-state index contributed by atoms with van der Waals surface area (Å²) in [6.45, 7) is 6.78. The molecule has 2 amide bonds. The smallest absolute Gasteiger partial charge is 0.317 e. The summed E-state index contributed by atoms with van der Waals surface area (Å²) in [7, 11) is 0. The lowest BCUT2D eigenvalue weighted by Gasteiger charge is -2.37. The summed E-state index contributed by atoms with van der Waals surface area (Å²) in [6.07, 6.45) is 3.19. The zero-order chi connectivity index (χ0) is 11.4. The van der Waals surface area contributed by atoms with Crippen LogP contribution in [0.15, 0.2) is 12.7 Å².